The van der Waals surface area contributed by atoms with Crippen LogP contribution in [0, 0.1) is 5.92 Å². The molecule has 1 N–H and O–H groups in total. The topological polar surface area (TPSA) is 38.3 Å². The van der Waals surface area contributed by atoms with Gasteiger partial charge in [0.15, 0.2) is 0 Å². The quantitative estimate of drug-likeness (QED) is 0.840. The van der Waals surface area contributed by atoms with E-state index in [4.69, 9.17) is 4.74 Å². The second kappa shape index (κ2) is 7.04. The minimum Gasteiger partial charge on any atom is -0.497 e. The van der Waals surface area contributed by atoms with Crippen LogP contribution in [0.2, 0.25) is 0 Å². The maximum atomic E-state index is 11.7. The Balaban J connectivity index is 2.80. The third-order valence-electron chi connectivity index (χ3n) is 2.94. The van der Waals surface area contributed by atoms with Crippen LogP contribution < -0.4 is 10.1 Å². The number of hydrogen-bond donors (Lipinski definition) is 1. The monoisotopic (exact) mass is 249 g/mol. The van der Waals surface area contributed by atoms with E-state index in [0.717, 1.165) is 17.7 Å². The summed E-state index contributed by atoms with van der Waals surface area (Å²) in [4.78, 5) is 11.7. The number of hydrogen-bond acceptors (Lipinski definition) is 2. The fourth-order valence-corrected chi connectivity index (χ4v) is 1.92. The van der Waals surface area contributed by atoms with Crippen LogP contribution in [0.4, 0.5) is 0 Å². The third-order valence-corrected chi connectivity index (χ3v) is 2.94. The molecule has 0 saturated heterocycles. The summed E-state index contributed by atoms with van der Waals surface area (Å²) in [6.45, 7) is 6.24. The Kier molecular flexibility index (Phi) is 5.69. The first kappa shape index (κ1) is 14.6. The molecule has 0 radical (unpaired) electrons. The van der Waals surface area contributed by atoms with Gasteiger partial charge in [0.2, 0.25) is 5.91 Å². The molecule has 18 heavy (non-hydrogen) atoms. The van der Waals surface area contributed by atoms with Crippen LogP contribution in [0.25, 0.3) is 0 Å². The molecule has 0 heterocycles. The molecular weight excluding hydrogens is 226 g/mol. The zero-order valence-corrected chi connectivity index (χ0v) is 11.7. The molecule has 1 atom stereocenters. The molecule has 0 aliphatic rings. The van der Waals surface area contributed by atoms with E-state index in [9.17, 15) is 4.79 Å². The van der Waals surface area contributed by atoms with Crippen LogP contribution in [-0.2, 0) is 4.79 Å². The van der Waals surface area contributed by atoms with E-state index in [1.54, 1.807) is 7.11 Å². The van der Waals surface area contributed by atoms with Gasteiger partial charge in [-0.15, -0.1) is 0 Å². The summed E-state index contributed by atoms with van der Waals surface area (Å²) in [5, 5.41) is 3.09. The molecule has 1 rings (SSSR count). The van der Waals surface area contributed by atoms with E-state index < -0.39 is 0 Å². The number of carbonyl (C=O) groups excluding carboxylic acids is 1. The van der Waals surface area contributed by atoms with E-state index in [2.05, 4.69) is 19.2 Å². The van der Waals surface area contributed by atoms with Crippen LogP contribution in [0.5, 0.6) is 5.75 Å². The second-order valence-corrected chi connectivity index (χ2v) is 4.81. The summed E-state index contributed by atoms with van der Waals surface area (Å²) in [6, 6.07) is 7.94. The first-order valence-corrected chi connectivity index (χ1v) is 6.51. The van der Waals surface area contributed by atoms with Crippen LogP contribution in [-0.4, -0.2) is 13.0 Å². The van der Waals surface area contributed by atoms with Crippen LogP contribution >= 0.6 is 0 Å². The Hall–Kier alpha value is -1.51. The molecule has 0 saturated carbocycles. The molecular formula is C15H23NO2. The van der Waals surface area contributed by atoms with Crippen molar-refractivity contribution in [1.82, 2.24) is 5.32 Å². The Morgan fingerprint density at radius 3 is 2.33 bits per heavy atom. The highest BCUT2D eigenvalue weighted by molar-refractivity contribution is 5.76. The average Bonchev–Trinajstić information content (AvgIpc) is 2.36. The first-order valence-electron chi connectivity index (χ1n) is 6.51. The predicted molar refractivity (Wildman–Crippen MR) is 73.6 cm³/mol. The maximum absolute atomic E-state index is 11.7. The molecule has 1 unspecified atom stereocenters. The van der Waals surface area contributed by atoms with E-state index in [0.29, 0.717) is 12.3 Å². The van der Waals surface area contributed by atoms with Crippen molar-refractivity contribution >= 4 is 5.91 Å². The van der Waals surface area contributed by atoms with E-state index >= 15 is 0 Å². The van der Waals surface area contributed by atoms with Gasteiger partial charge in [-0.25, -0.2) is 0 Å². The average molecular weight is 249 g/mol. The number of rotatable bonds is 6. The molecule has 0 aromatic heterocycles. The Morgan fingerprint density at radius 1 is 1.28 bits per heavy atom. The molecule has 3 nitrogen and oxygen atoms in total. The highest BCUT2D eigenvalue weighted by Crippen LogP contribution is 2.24. The van der Waals surface area contributed by atoms with E-state index in [1.807, 2.05) is 31.2 Å². The van der Waals surface area contributed by atoms with Gasteiger partial charge in [0.05, 0.1) is 13.2 Å². The predicted octanol–water partition coefficient (Wildman–Crippen LogP) is 3.31. The number of amides is 1. The fourth-order valence-electron chi connectivity index (χ4n) is 1.92. The molecule has 1 amide bonds. The van der Waals surface area contributed by atoms with Crippen molar-refractivity contribution < 1.29 is 9.53 Å². The van der Waals surface area contributed by atoms with Gasteiger partial charge in [-0.05, 0) is 30.0 Å². The van der Waals surface area contributed by atoms with Gasteiger partial charge in [0.1, 0.15) is 5.75 Å². The fraction of sp³-hybridized carbons (Fsp3) is 0.533. The van der Waals surface area contributed by atoms with Gasteiger partial charge in [-0.3, -0.25) is 4.79 Å². The van der Waals surface area contributed by atoms with Gasteiger partial charge in [-0.1, -0.05) is 32.9 Å². The van der Waals surface area contributed by atoms with E-state index in [1.165, 1.54) is 0 Å². The summed E-state index contributed by atoms with van der Waals surface area (Å²) >= 11 is 0. The SMILES string of the molecule is CCCC(=O)NC(c1ccc(OC)cc1)C(C)C. The standard InChI is InChI=1S/C15H23NO2/c1-5-6-14(17)16-15(11(2)3)12-7-9-13(18-4)10-8-12/h7-11,15H,5-6H2,1-4H3,(H,16,17). The largest absolute Gasteiger partial charge is 0.497 e. The minimum absolute atomic E-state index is 0.0648. The Bertz CT molecular complexity index is 371. The maximum Gasteiger partial charge on any atom is 0.220 e. The van der Waals surface area contributed by atoms with Gasteiger partial charge in [-0.2, -0.15) is 0 Å². The minimum atomic E-state index is 0.0648. The third kappa shape index (κ3) is 4.06. The number of ether oxygens (including phenoxy) is 1. The Morgan fingerprint density at radius 2 is 1.89 bits per heavy atom. The zero-order valence-electron chi connectivity index (χ0n) is 11.7. The highest BCUT2D eigenvalue weighted by atomic mass is 16.5. The molecule has 0 bridgehead atoms. The summed E-state index contributed by atoms with van der Waals surface area (Å²) in [5.41, 5.74) is 1.12. The molecule has 1 aromatic rings. The van der Waals surface area contributed by atoms with Gasteiger partial charge in [0, 0.05) is 6.42 Å². The summed E-state index contributed by atoms with van der Waals surface area (Å²) in [6.07, 6.45) is 1.46. The van der Waals surface area contributed by atoms with Crippen LogP contribution in [0.1, 0.15) is 45.2 Å². The van der Waals surface area contributed by atoms with Gasteiger partial charge in [0.25, 0.3) is 0 Å². The van der Waals surface area contributed by atoms with Crippen molar-refractivity contribution in [2.24, 2.45) is 5.92 Å². The van der Waals surface area contributed by atoms with E-state index in [-0.39, 0.29) is 11.9 Å². The smallest absolute Gasteiger partial charge is 0.220 e. The molecule has 0 spiro atoms. The Labute approximate surface area is 110 Å². The van der Waals surface area contributed by atoms with Gasteiger partial charge < -0.3 is 10.1 Å². The summed E-state index contributed by atoms with van der Waals surface area (Å²) in [7, 11) is 1.65. The lowest BCUT2D eigenvalue weighted by Gasteiger charge is -2.23. The van der Waals surface area contributed by atoms with Crippen molar-refractivity contribution in [3.63, 3.8) is 0 Å². The molecule has 3 heteroatoms. The lowest BCUT2D eigenvalue weighted by atomic mass is 9.95. The van der Waals surface area contributed by atoms with Crippen molar-refractivity contribution in [1.29, 1.82) is 0 Å². The molecule has 100 valence electrons. The van der Waals surface area contributed by atoms with Crippen molar-refractivity contribution in [2.75, 3.05) is 7.11 Å². The molecule has 0 fully saturated rings. The number of methoxy groups -OCH3 is 1. The lowest BCUT2D eigenvalue weighted by molar-refractivity contribution is -0.122. The van der Waals surface area contributed by atoms with Crippen molar-refractivity contribution in [2.45, 2.75) is 39.7 Å². The summed E-state index contributed by atoms with van der Waals surface area (Å²) in [5.74, 6) is 1.31. The highest BCUT2D eigenvalue weighted by Gasteiger charge is 2.17. The molecule has 0 aliphatic heterocycles. The zero-order chi connectivity index (χ0) is 13.5. The van der Waals surface area contributed by atoms with Crippen LogP contribution in [0.15, 0.2) is 24.3 Å². The molecule has 1 aromatic carbocycles. The van der Waals surface area contributed by atoms with Gasteiger partial charge >= 0.3 is 0 Å². The normalized spacial score (nSPS) is 12.3. The summed E-state index contributed by atoms with van der Waals surface area (Å²) < 4.78 is 5.14. The molecule has 0 aliphatic carbocycles. The second-order valence-electron chi connectivity index (χ2n) is 4.81. The number of nitrogens with one attached hydrogen (secondary N) is 1. The van der Waals surface area contributed by atoms with Crippen molar-refractivity contribution in [3.05, 3.63) is 29.8 Å². The van der Waals surface area contributed by atoms with Crippen molar-refractivity contribution in [3.8, 4) is 5.75 Å². The number of carbonyl (C=O) groups is 1. The number of benzene rings is 1. The first-order chi connectivity index (χ1) is 8.58. The van der Waals surface area contributed by atoms with Crippen LogP contribution in [0.3, 0.4) is 0 Å². The lowest BCUT2D eigenvalue weighted by Crippen LogP contribution is -2.31.